The van der Waals surface area contributed by atoms with Crippen LogP contribution in [-0.4, -0.2) is 29.7 Å². The standard InChI is InChI=1S/C15H21ClN2O4S/c1-10(2)17(12-6-4-5-7-12)23(21,22)13-8-14(16)11(3)15(9-13)18(19)20/h8-10,12H,4-7H2,1-3H3. The van der Waals surface area contributed by atoms with E-state index in [0.717, 1.165) is 31.7 Å². The molecule has 1 aliphatic rings. The maximum absolute atomic E-state index is 13.0. The van der Waals surface area contributed by atoms with Gasteiger partial charge in [0.05, 0.1) is 14.8 Å². The van der Waals surface area contributed by atoms with Crippen molar-refractivity contribution in [3.8, 4) is 0 Å². The van der Waals surface area contributed by atoms with Crippen molar-refractivity contribution >= 4 is 27.3 Å². The van der Waals surface area contributed by atoms with Crippen molar-refractivity contribution in [2.24, 2.45) is 0 Å². The van der Waals surface area contributed by atoms with Gasteiger partial charge in [0.1, 0.15) is 0 Å². The van der Waals surface area contributed by atoms with Gasteiger partial charge < -0.3 is 0 Å². The highest BCUT2D eigenvalue weighted by atomic mass is 35.5. The third kappa shape index (κ3) is 3.51. The van der Waals surface area contributed by atoms with Gasteiger partial charge in [-0.2, -0.15) is 4.31 Å². The van der Waals surface area contributed by atoms with Gasteiger partial charge in [-0.05, 0) is 39.7 Å². The van der Waals surface area contributed by atoms with Crippen LogP contribution in [-0.2, 0) is 10.0 Å². The average molecular weight is 361 g/mol. The summed E-state index contributed by atoms with van der Waals surface area (Å²) in [4.78, 5) is 10.4. The number of sulfonamides is 1. The number of nitrogens with zero attached hydrogens (tertiary/aromatic N) is 2. The molecular formula is C15H21ClN2O4S. The summed E-state index contributed by atoms with van der Waals surface area (Å²) in [6.07, 6.45) is 3.63. The summed E-state index contributed by atoms with van der Waals surface area (Å²) >= 11 is 6.03. The van der Waals surface area contributed by atoms with Crippen LogP contribution in [0.15, 0.2) is 17.0 Å². The Morgan fingerprint density at radius 2 is 1.87 bits per heavy atom. The lowest BCUT2D eigenvalue weighted by Gasteiger charge is -2.31. The fraction of sp³-hybridized carbons (Fsp3) is 0.600. The molecule has 0 atom stereocenters. The number of hydrogen-bond donors (Lipinski definition) is 0. The molecule has 0 spiro atoms. The number of benzene rings is 1. The van der Waals surface area contributed by atoms with Crippen molar-refractivity contribution in [3.63, 3.8) is 0 Å². The predicted molar refractivity (Wildman–Crippen MR) is 89.3 cm³/mol. The molecule has 0 amide bonds. The van der Waals surface area contributed by atoms with Crippen LogP contribution >= 0.6 is 11.6 Å². The zero-order chi connectivity index (χ0) is 17.4. The molecule has 1 aromatic carbocycles. The van der Waals surface area contributed by atoms with Crippen LogP contribution in [0, 0.1) is 17.0 Å². The first-order valence-corrected chi connectivity index (χ1v) is 9.46. The number of rotatable bonds is 5. The van der Waals surface area contributed by atoms with E-state index in [1.165, 1.54) is 17.3 Å². The maximum atomic E-state index is 13.0. The number of halogens is 1. The Balaban J connectivity index is 2.55. The number of nitro groups is 1. The molecule has 1 aromatic rings. The summed E-state index contributed by atoms with van der Waals surface area (Å²) in [5.74, 6) is 0. The third-order valence-corrected chi connectivity index (χ3v) is 6.75. The molecule has 8 heteroatoms. The van der Waals surface area contributed by atoms with Crippen LogP contribution in [0.2, 0.25) is 5.02 Å². The molecule has 2 rings (SSSR count). The van der Waals surface area contributed by atoms with Gasteiger partial charge >= 0.3 is 0 Å². The smallest absolute Gasteiger partial charge is 0.258 e. The number of nitro benzene ring substituents is 1. The molecule has 6 nitrogen and oxygen atoms in total. The first-order chi connectivity index (χ1) is 10.7. The van der Waals surface area contributed by atoms with E-state index >= 15 is 0 Å². The van der Waals surface area contributed by atoms with E-state index in [1.54, 1.807) is 0 Å². The molecule has 1 fully saturated rings. The van der Waals surface area contributed by atoms with Gasteiger partial charge in [0.15, 0.2) is 0 Å². The summed E-state index contributed by atoms with van der Waals surface area (Å²) in [6.45, 7) is 5.15. The van der Waals surface area contributed by atoms with Gasteiger partial charge in [-0.15, -0.1) is 0 Å². The highest BCUT2D eigenvalue weighted by Crippen LogP contribution is 2.34. The Morgan fingerprint density at radius 1 is 1.30 bits per heavy atom. The third-order valence-electron chi connectivity index (χ3n) is 4.26. The van der Waals surface area contributed by atoms with Gasteiger partial charge in [-0.3, -0.25) is 10.1 Å². The molecule has 1 aliphatic carbocycles. The van der Waals surface area contributed by atoms with E-state index in [0.29, 0.717) is 0 Å². The molecule has 0 aliphatic heterocycles. The Hall–Kier alpha value is -1.18. The molecule has 0 aromatic heterocycles. The fourth-order valence-electron chi connectivity index (χ4n) is 3.15. The topological polar surface area (TPSA) is 80.5 Å². The zero-order valence-corrected chi connectivity index (χ0v) is 15.0. The van der Waals surface area contributed by atoms with Crippen molar-refractivity contribution in [1.82, 2.24) is 4.31 Å². The van der Waals surface area contributed by atoms with Gasteiger partial charge in [0.2, 0.25) is 10.0 Å². The minimum atomic E-state index is -3.83. The van der Waals surface area contributed by atoms with Gasteiger partial charge in [0.25, 0.3) is 5.69 Å². The average Bonchev–Trinajstić information content (AvgIpc) is 2.94. The molecule has 0 radical (unpaired) electrons. The fourth-order valence-corrected chi connectivity index (χ4v) is 5.36. The highest BCUT2D eigenvalue weighted by Gasteiger charge is 2.36. The second-order valence-electron chi connectivity index (χ2n) is 6.17. The molecule has 23 heavy (non-hydrogen) atoms. The lowest BCUT2D eigenvalue weighted by Crippen LogP contribution is -2.43. The molecule has 0 saturated heterocycles. The van der Waals surface area contributed by atoms with E-state index in [2.05, 4.69) is 0 Å². The molecule has 0 bridgehead atoms. The largest absolute Gasteiger partial charge is 0.275 e. The van der Waals surface area contributed by atoms with E-state index in [9.17, 15) is 18.5 Å². The molecule has 0 unspecified atom stereocenters. The zero-order valence-electron chi connectivity index (χ0n) is 13.5. The minimum Gasteiger partial charge on any atom is -0.258 e. The van der Waals surface area contributed by atoms with Crippen LogP contribution in [0.1, 0.15) is 45.1 Å². The Kier molecular flexibility index (Phi) is 5.33. The monoisotopic (exact) mass is 360 g/mol. The summed E-state index contributed by atoms with van der Waals surface area (Å²) in [5, 5.41) is 11.2. The lowest BCUT2D eigenvalue weighted by atomic mass is 10.2. The quantitative estimate of drug-likeness (QED) is 0.589. The van der Waals surface area contributed by atoms with E-state index < -0.39 is 14.9 Å². The molecule has 1 saturated carbocycles. The second-order valence-corrected chi connectivity index (χ2v) is 8.42. The van der Waals surface area contributed by atoms with Crippen molar-refractivity contribution in [3.05, 3.63) is 32.8 Å². The van der Waals surface area contributed by atoms with E-state index in [4.69, 9.17) is 11.6 Å². The summed E-state index contributed by atoms with van der Waals surface area (Å²) < 4.78 is 27.6. The molecular weight excluding hydrogens is 340 g/mol. The highest BCUT2D eigenvalue weighted by molar-refractivity contribution is 7.89. The normalized spacial score (nSPS) is 16.4. The van der Waals surface area contributed by atoms with Crippen molar-refractivity contribution in [1.29, 1.82) is 0 Å². The number of hydrogen-bond acceptors (Lipinski definition) is 4. The lowest BCUT2D eigenvalue weighted by molar-refractivity contribution is -0.385. The van der Waals surface area contributed by atoms with Gasteiger partial charge in [0, 0.05) is 23.7 Å². The molecule has 0 heterocycles. The van der Waals surface area contributed by atoms with Crippen LogP contribution in [0.3, 0.4) is 0 Å². The van der Waals surface area contributed by atoms with E-state index in [-0.39, 0.29) is 33.3 Å². The first-order valence-electron chi connectivity index (χ1n) is 7.64. The van der Waals surface area contributed by atoms with Crippen molar-refractivity contribution < 1.29 is 13.3 Å². The molecule has 128 valence electrons. The van der Waals surface area contributed by atoms with Gasteiger partial charge in [-0.25, -0.2) is 8.42 Å². The van der Waals surface area contributed by atoms with Crippen molar-refractivity contribution in [2.75, 3.05) is 0 Å². The Morgan fingerprint density at radius 3 is 2.35 bits per heavy atom. The van der Waals surface area contributed by atoms with Crippen LogP contribution in [0.5, 0.6) is 0 Å². The van der Waals surface area contributed by atoms with Crippen LogP contribution in [0.4, 0.5) is 5.69 Å². The first kappa shape index (κ1) is 18.2. The predicted octanol–water partition coefficient (Wildman–Crippen LogP) is 3.90. The second kappa shape index (κ2) is 6.75. The Bertz CT molecular complexity index is 712. The Labute approximate surface area is 141 Å². The summed E-state index contributed by atoms with van der Waals surface area (Å²) in [6, 6.07) is 2.14. The van der Waals surface area contributed by atoms with E-state index in [1.807, 2.05) is 13.8 Å². The molecule has 0 N–H and O–H groups in total. The summed E-state index contributed by atoms with van der Waals surface area (Å²) in [7, 11) is -3.83. The summed E-state index contributed by atoms with van der Waals surface area (Å²) in [5.41, 5.74) is -0.00113. The minimum absolute atomic E-state index is 0.0564. The van der Waals surface area contributed by atoms with Crippen LogP contribution in [0.25, 0.3) is 0 Å². The van der Waals surface area contributed by atoms with Crippen LogP contribution < -0.4 is 0 Å². The van der Waals surface area contributed by atoms with Crippen molar-refractivity contribution in [2.45, 2.75) is 63.4 Å². The van der Waals surface area contributed by atoms with Gasteiger partial charge in [-0.1, -0.05) is 24.4 Å². The maximum Gasteiger partial charge on any atom is 0.275 e. The SMILES string of the molecule is Cc1c(Cl)cc(S(=O)(=O)N(C(C)C)C2CCCC2)cc1[N+](=O)[O-].